The molecule has 8 nitrogen and oxygen atoms in total. The number of nitrogens with two attached hydrogens (primary N) is 1. The second-order valence-electron chi connectivity index (χ2n) is 8.04. The molecule has 27 heavy (non-hydrogen) atoms. The summed E-state index contributed by atoms with van der Waals surface area (Å²) in [5.41, 5.74) is 7.02. The van der Waals surface area contributed by atoms with Crippen LogP contribution in [0.3, 0.4) is 0 Å². The Hall–Kier alpha value is -2.22. The maximum atomic E-state index is 12.9. The molecule has 1 saturated carbocycles. The Kier molecular flexibility index (Phi) is 4.99. The Bertz CT molecular complexity index is 803. The quantitative estimate of drug-likeness (QED) is 0.873. The highest BCUT2D eigenvalue weighted by molar-refractivity contribution is 5.77. The fourth-order valence-electron chi connectivity index (χ4n) is 4.51. The third kappa shape index (κ3) is 3.63. The molecule has 2 N–H and O–H groups in total. The predicted molar refractivity (Wildman–Crippen MR) is 104 cm³/mol. The summed E-state index contributed by atoms with van der Waals surface area (Å²) in [4.78, 5) is 25.8. The number of fused-ring (bicyclic) bond motifs is 1. The van der Waals surface area contributed by atoms with Crippen molar-refractivity contribution in [3.05, 3.63) is 18.1 Å². The molecule has 2 aromatic rings. The van der Waals surface area contributed by atoms with Crippen LogP contribution < -0.4 is 10.6 Å². The molecule has 1 saturated heterocycles. The smallest absolute Gasteiger partial charge is 0.254 e. The van der Waals surface area contributed by atoms with Crippen molar-refractivity contribution >= 4 is 17.5 Å². The SMILES string of the molecule is Cc1cc(N2CCN(C(=O)CC3(CN)CCCCC3)CC2)n2ncnc2n1. The molecule has 1 aliphatic carbocycles. The summed E-state index contributed by atoms with van der Waals surface area (Å²) in [7, 11) is 0. The average molecular weight is 371 g/mol. The number of hydrogen-bond acceptors (Lipinski definition) is 6. The Morgan fingerprint density at radius 3 is 2.63 bits per heavy atom. The van der Waals surface area contributed by atoms with Gasteiger partial charge in [0, 0.05) is 44.4 Å². The van der Waals surface area contributed by atoms with Crippen molar-refractivity contribution in [2.75, 3.05) is 37.6 Å². The maximum Gasteiger partial charge on any atom is 0.254 e. The van der Waals surface area contributed by atoms with E-state index in [0.717, 1.165) is 50.5 Å². The Morgan fingerprint density at radius 1 is 1.19 bits per heavy atom. The van der Waals surface area contributed by atoms with E-state index >= 15 is 0 Å². The van der Waals surface area contributed by atoms with Crippen LogP contribution >= 0.6 is 0 Å². The van der Waals surface area contributed by atoms with E-state index in [1.54, 1.807) is 4.52 Å². The van der Waals surface area contributed by atoms with E-state index in [9.17, 15) is 4.79 Å². The molecule has 0 atom stereocenters. The highest BCUT2D eigenvalue weighted by atomic mass is 16.2. The van der Waals surface area contributed by atoms with Crippen molar-refractivity contribution < 1.29 is 4.79 Å². The molecule has 1 aliphatic heterocycles. The van der Waals surface area contributed by atoms with Gasteiger partial charge in [-0.3, -0.25) is 4.79 Å². The van der Waals surface area contributed by atoms with Crippen molar-refractivity contribution in [2.45, 2.75) is 45.4 Å². The van der Waals surface area contributed by atoms with E-state index in [1.807, 2.05) is 17.9 Å². The minimum atomic E-state index is 0.0293. The molecule has 1 amide bonds. The number of aromatic nitrogens is 4. The van der Waals surface area contributed by atoms with Crippen LogP contribution in [0.4, 0.5) is 5.82 Å². The van der Waals surface area contributed by atoms with E-state index in [-0.39, 0.29) is 11.3 Å². The molecule has 0 spiro atoms. The summed E-state index contributed by atoms with van der Waals surface area (Å²) >= 11 is 0. The number of aryl methyl sites for hydroxylation is 1. The van der Waals surface area contributed by atoms with Crippen LogP contribution in [0.1, 0.15) is 44.2 Å². The molecule has 146 valence electrons. The van der Waals surface area contributed by atoms with Gasteiger partial charge in [-0.1, -0.05) is 19.3 Å². The molecule has 0 radical (unpaired) electrons. The van der Waals surface area contributed by atoms with Gasteiger partial charge in [-0.25, -0.2) is 4.98 Å². The van der Waals surface area contributed by atoms with Gasteiger partial charge in [-0.05, 0) is 31.7 Å². The van der Waals surface area contributed by atoms with Gasteiger partial charge >= 0.3 is 0 Å². The number of carbonyl (C=O) groups is 1. The Balaban J connectivity index is 1.41. The average Bonchev–Trinajstić information content (AvgIpc) is 3.16. The van der Waals surface area contributed by atoms with E-state index < -0.39 is 0 Å². The van der Waals surface area contributed by atoms with Crippen molar-refractivity contribution in [3.8, 4) is 0 Å². The summed E-state index contributed by atoms with van der Waals surface area (Å²) in [6, 6.07) is 2.03. The first-order valence-electron chi connectivity index (χ1n) is 10.0. The van der Waals surface area contributed by atoms with E-state index in [4.69, 9.17) is 5.73 Å². The van der Waals surface area contributed by atoms with Gasteiger partial charge < -0.3 is 15.5 Å². The third-order valence-corrected chi connectivity index (χ3v) is 6.19. The summed E-state index contributed by atoms with van der Waals surface area (Å²) in [6.45, 7) is 5.64. The van der Waals surface area contributed by atoms with E-state index in [2.05, 4.69) is 20.0 Å². The van der Waals surface area contributed by atoms with Gasteiger partial charge in [-0.2, -0.15) is 14.6 Å². The molecule has 8 heteroatoms. The van der Waals surface area contributed by atoms with Crippen LogP contribution in [0.15, 0.2) is 12.4 Å². The van der Waals surface area contributed by atoms with Crippen LogP contribution in [0, 0.1) is 12.3 Å². The second kappa shape index (κ2) is 7.42. The monoisotopic (exact) mass is 371 g/mol. The molecular weight excluding hydrogens is 342 g/mol. The normalized spacial score (nSPS) is 20.2. The summed E-state index contributed by atoms with van der Waals surface area (Å²) in [5, 5.41) is 4.29. The summed E-state index contributed by atoms with van der Waals surface area (Å²) in [5.74, 6) is 1.87. The zero-order valence-electron chi connectivity index (χ0n) is 16.1. The van der Waals surface area contributed by atoms with Crippen LogP contribution in [0.2, 0.25) is 0 Å². The highest BCUT2D eigenvalue weighted by Gasteiger charge is 2.35. The standard InChI is InChI=1S/C19H29N7O/c1-15-11-16(26-18(23-15)21-14-22-26)24-7-9-25(10-8-24)17(27)12-19(13-20)5-3-2-4-6-19/h11,14H,2-10,12-13,20H2,1H3. The first-order valence-corrected chi connectivity index (χ1v) is 10.0. The number of rotatable bonds is 4. The lowest BCUT2D eigenvalue weighted by atomic mass is 9.71. The number of piperazine rings is 1. The van der Waals surface area contributed by atoms with Gasteiger partial charge in [-0.15, -0.1) is 0 Å². The zero-order chi connectivity index (χ0) is 18.9. The summed E-state index contributed by atoms with van der Waals surface area (Å²) < 4.78 is 1.77. The Labute approximate surface area is 159 Å². The van der Waals surface area contributed by atoms with Crippen molar-refractivity contribution in [3.63, 3.8) is 0 Å². The van der Waals surface area contributed by atoms with Crippen LogP contribution in [0.25, 0.3) is 5.78 Å². The third-order valence-electron chi connectivity index (χ3n) is 6.19. The largest absolute Gasteiger partial charge is 0.353 e. The topological polar surface area (TPSA) is 92.7 Å². The molecule has 0 bridgehead atoms. The molecule has 2 aromatic heterocycles. The first kappa shape index (κ1) is 18.2. The van der Waals surface area contributed by atoms with Gasteiger partial charge in [0.1, 0.15) is 12.1 Å². The van der Waals surface area contributed by atoms with Gasteiger partial charge in [0.2, 0.25) is 5.91 Å². The molecular formula is C19H29N7O. The number of amides is 1. The Morgan fingerprint density at radius 2 is 1.93 bits per heavy atom. The van der Waals surface area contributed by atoms with E-state index in [1.165, 1.54) is 25.6 Å². The van der Waals surface area contributed by atoms with Gasteiger partial charge in [0.25, 0.3) is 5.78 Å². The van der Waals surface area contributed by atoms with Gasteiger partial charge in [0.15, 0.2) is 0 Å². The number of nitrogens with zero attached hydrogens (tertiary/aromatic N) is 6. The minimum Gasteiger partial charge on any atom is -0.353 e. The second-order valence-corrected chi connectivity index (χ2v) is 8.04. The lowest BCUT2D eigenvalue weighted by molar-refractivity contribution is -0.134. The molecule has 2 fully saturated rings. The van der Waals surface area contributed by atoms with Crippen molar-refractivity contribution in [1.82, 2.24) is 24.5 Å². The molecule has 0 unspecified atom stereocenters. The number of hydrogen-bond donors (Lipinski definition) is 1. The van der Waals surface area contributed by atoms with Crippen molar-refractivity contribution in [1.29, 1.82) is 0 Å². The molecule has 0 aromatic carbocycles. The van der Waals surface area contributed by atoms with E-state index in [0.29, 0.717) is 18.7 Å². The highest BCUT2D eigenvalue weighted by Crippen LogP contribution is 2.38. The predicted octanol–water partition coefficient (Wildman–Crippen LogP) is 1.38. The van der Waals surface area contributed by atoms with Crippen LogP contribution in [0.5, 0.6) is 0 Å². The number of carbonyl (C=O) groups excluding carboxylic acids is 1. The zero-order valence-corrected chi connectivity index (χ0v) is 16.1. The minimum absolute atomic E-state index is 0.0293. The first-order chi connectivity index (χ1) is 13.1. The van der Waals surface area contributed by atoms with Crippen molar-refractivity contribution in [2.24, 2.45) is 11.1 Å². The number of anilines is 1. The molecule has 3 heterocycles. The van der Waals surface area contributed by atoms with Crippen LogP contribution in [-0.4, -0.2) is 63.1 Å². The summed E-state index contributed by atoms with van der Waals surface area (Å²) in [6.07, 6.45) is 8.00. The molecule has 4 rings (SSSR count). The fraction of sp³-hybridized carbons (Fsp3) is 0.684. The van der Waals surface area contributed by atoms with Gasteiger partial charge in [0.05, 0.1) is 0 Å². The maximum absolute atomic E-state index is 12.9. The van der Waals surface area contributed by atoms with Crippen LogP contribution in [-0.2, 0) is 4.79 Å². The lowest BCUT2D eigenvalue weighted by Gasteiger charge is -2.40. The lowest BCUT2D eigenvalue weighted by Crippen LogP contribution is -2.51. The molecule has 2 aliphatic rings. The fourth-order valence-corrected chi connectivity index (χ4v) is 4.51.